The first-order chi connectivity index (χ1) is 15.9. The molecular formula is C23H21F3N6O. The zero-order valence-corrected chi connectivity index (χ0v) is 18.0. The fourth-order valence-electron chi connectivity index (χ4n) is 4.14. The Balaban J connectivity index is 1.64. The molecule has 3 aromatic heterocycles. The second-order valence-electron chi connectivity index (χ2n) is 7.91. The van der Waals surface area contributed by atoms with Crippen molar-refractivity contribution in [3.05, 3.63) is 65.0 Å². The van der Waals surface area contributed by atoms with E-state index in [-0.39, 0.29) is 5.56 Å². The normalized spacial score (nSPS) is 15.3. The van der Waals surface area contributed by atoms with Crippen LogP contribution in [0, 0.1) is 12.7 Å². The van der Waals surface area contributed by atoms with Crippen molar-refractivity contribution in [3.63, 3.8) is 0 Å². The lowest BCUT2D eigenvalue weighted by Gasteiger charge is -2.20. The molecule has 0 unspecified atom stereocenters. The number of hydrogen-bond acceptors (Lipinski definition) is 6. The Morgan fingerprint density at radius 2 is 1.97 bits per heavy atom. The van der Waals surface area contributed by atoms with Gasteiger partial charge in [-0.15, -0.1) is 10.2 Å². The largest absolute Gasteiger partial charge is 0.377 e. The Morgan fingerprint density at radius 1 is 1.15 bits per heavy atom. The van der Waals surface area contributed by atoms with Gasteiger partial charge in [0.05, 0.1) is 30.2 Å². The van der Waals surface area contributed by atoms with E-state index in [0.29, 0.717) is 41.5 Å². The predicted molar refractivity (Wildman–Crippen MR) is 118 cm³/mol. The highest BCUT2D eigenvalue weighted by atomic mass is 19.3. The van der Waals surface area contributed by atoms with E-state index in [1.807, 2.05) is 12.1 Å². The summed E-state index contributed by atoms with van der Waals surface area (Å²) in [6.45, 7) is 4.57. The Morgan fingerprint density at radius 3 is 2.73 bits per heavy atom. The van der Waals surface area contributed by atoms with Gasteiger partial charge in [0.2, 0.25) is 0 Å². The van der Waals surface area contributed by atoms with Gasteiger partial charge in [0.25, 0.3) is 6.43 Å². The number of nitrogens with one attached hydrogen (secondary N) is 1. The van der Waals surface area contributed by atoms with E-state index in [0.717, 1.165) is 23.6 Å². The van der Waals surface area contributed by atoms with Crippen molar-refractivity contribution in [1.29, 1.82) is 0 Å². The lowest BCUT2D eigenvalue weighted by molar-refractivity contribution is 0.146. The van der Waals surface area contributed by atoms with Gasteiger partial charge in [0.15, 0.2) is 11.3 Å². The predicted octanol–water partition coefficient (Wildman–Crippen LogP) is 5.03. The van der Waals surface area contributed by atoms with Crippen LogP contribution in [0.3, 0.4) is 0 Å². The number of alkyl halides is 2. The van der Waals surface area contributed by atoms with Crippen LogP contribution in [0.25, 0.3) is 22.3 Å². The average molecular weight is 454 g/mol. The first-order valence-electron chi connectivity index (χ1n) is 10.5. The number of benzene rings is 1. The van der Waals surface area contributed by atoms with Gasteiger partial charge in [-0.1, -0.05) is 24.3 Å². The van der Waals surface area contributed by atoms with E-state index < -0.39 is 23.8 Å². The van der Waals surface area contributed by atoms with Gasteiger partial charge in [-0.25, -0.2) is 23.1 Å². The molecule has 0 aliphatic carbocycles. The summed E-state index contributed by atoms with van der Waals surface area (Å²) in [5.41, 5.74) is 2.74. The SMILES string of the molecule is Cc1nc(N[C@H](C)c2cccc(C(F)F)c2F)c2cc(C3=CCOCC3)c3nncn3c2n1. The molecule has 5 rings (SSSR count). The second kappa shape index (κ2) is 8.43. The van der Waals surface area contributed by atoms with Crippen LogP contribution in [0.5, 0.6) is 0 Å². The molecule has 0 amide bonds. The number of aromatic nitrogens is 5. The number of rotatable bonds is 5. The minimum Gasteiger partial charge on any atom is -0.377 e. The van der Waals surface area contributed by atoms with Gasteiger partial charge >= 0.3 is 0 Å². The summed E-state index contributed by atoms with van der Waals surface area (Å²) >= 11 is 0. The maximum absolute atomic E-state index is 14.8. The van der Waals surface area contributed by atoms with E-state index in [2.05, 4.69) is 25.5 Å². The smallest absolute Gasteiger partial charge is 0.266 e. The van der Waals surface area contributed by atoms with Crippen LogP contribution in [0.2, 0.25) is 0 Å². The fourth-order valence-corrected chi connectivity index (χ4v) is 4.14. The monoisotopic (exact) mass is 454 g/mol. The van der Waals surface area contributed by atoms with Crippen LogP contribution in [0.15, 0.2) is 36.7 Å². The summed E-state index contributed by atoms with van der Waals surface area (Å²) in [6.07, 6.45) is 1.43. The van der Waals surface area contributed by atoms with E-state index in [1.54, 1.807) is 24.6 Å². The zero-order chi connectivity index (χ0) is 23.1. The van der Waals surface area contributed by atoms with E-state index in [1.165, 1.54) is 12.1 Å². The highest BCUT2D eigenvalue weighted by molar-refractivity contribution is 5.94. The molecule has 1 aromatic carbocycles. The molecule has 33 heavy (non-hydrogen) atoms. The van der Waals surface area contributed by atoms with Crippen molar-refractivity contribution < 1.29 is 17.9 Å². The van der Waals surface area contributed by atoms with Gasteiger partial charge in [-0.2, -0.15) is 0 Å². The van der Waals surface area contributed by atoms with Crippen molar-refractivity contribution in [3.8, 4) is 0 Å². The second-order valence-corrected chi connectivity index (χ2v) is 7.91. The third kappa shape index (κ3) is 3.80. The first-order valence-corrected chi connectivity index (χ1v) is 10.5. The van der Waals surface area contributed by atoms with Crippen molar-refractivity contribution >= 4 is 28.1 Å². The maximum atomic E-state index is 14.8. The number of ether oxygens (including phenoxy) is 1. The third-order valence-corrected chi connectivity index (χ3v) is 5.77. The van der Waals surface area contributed by atoms with Gasteiger partial charge in [-0.3, -0.25) is 4.40 Å². The van der Waals surface area contributed by atoms with E-state index >= 15 is 0 Å². The number of nitrogens with zero attached hydrogens (tertiary/aromatic N) is 5. The number of aryl methyl sites for hydroxylation is 1. The molecule has 1 aliphatic rings. The highest BCUT2D eigenvalue weighted by Gasteiger charge is 2.22. The van der Waals surface area contributed by atoms with Crippen molar-refractivity contribution in [1.82, 2.24) is 24.6 Å². The molecule has 0 bridgehead atoms. The number of hydrogen-bond donors (Lipinski definition) is 1. The Hall–Kier alpha value is -3.53. The fraction of sp³-hybridized carbons (Fsp3) is 0.304. The third-order valence-electron chi connectivity index (χ3n) is 5.77. The van der Waals surface area contributed by atoms with Crippen LogP contribution < -0.4 is 5.32 Å². The molecule has 1 atom stereocenters. The van der Waals surface area contributed by atoms with Crippen molar-refractivity contribution in [2.75, 3.05) is 18.5 Å². The van der Waals surface area contributed by atoms with Crippen LogP contribution in [-0.4, -0.2) is 37.8 Å². The quantitative estimate of drug-likeness (QED) is 0.456. The number of anilines is 1. The Kier molecular flexibility index (Phi) is 5.45. The summed E-state index contributed by atoms with van der Waals surface area (Å²) in [5, 5.41) is 12.2. The number of pyridine rings is 1. The molecule has 0 saturated carbocycles. The standard InChI is InChI=1S/C23H21F3N6O/c1-12(15-4-3-5-16(19(15)24)20(25)26)28-21-18-10-17(14-6-8-33-9-7-14)23-31-27-11-32(23)22(18)30-13(2)29-21/h3-6,10-12,20H,7-9H2,1-2H3,(H,28,29,30)/t12-/m1/s1. The van der Waals surface area contributed by atoms with Crippen LogP contribution in [0.1, 0.15) is 48.3 Å². The summed E-state index contributed by atoms with van der Waals surface area (Å²) in [6, 6.07) is 5.33. The van der Waals surface area contributed by atoms with Crippen LogP contribution in [0.4, 0.5) is 19.0 Å². The van der Waals surface area contributed by atoms with Gasteiger partial charge in [-0.05, 0) is 31.9 Å². The summed E-state index contributed by atoms with van der Waals surface area (Å²) < 4.78 is 48.4. The van der Waals surface area contributed by atoms with Crippen molar-refractivity contribution in [2.24, 2.45) is 0 Å². The first kappa shape index (κ1) is 21.3. The molecule has 4 aromatic rings. The van der Waals surface area contributed by atoms with Gasteiger partial charge < -0.3 is 10.1 Å². The summed E-state index contributed by atoms with van der Waals surface area (Å²) in [7, 11) is 0. The van der Waals surface area contributed by atoms with Crippen LogP contribution >= 0.6 is 0 Å². The Bertz CT molecular complexity index is 1380. The van der Waals surface area contributed by atoms with Crippen LogP contribution in [-0.2, 0) is 4.74 Å². The zero-order valence-electron chi connectivity index (χ0n) is 18.0. The van der Waals surface area contributed by atoms with Crippen molar-refractivity contribution in [2.45, 2.75) is 32.7 Å². The van der Waals surface area contributed by atoms with E-state index in [9.17, 15) is 13.2 Å². The minimum absolute atomic E-state index is 0.134. The molecular weight excluding hydrogens is 433 g/mol. The molecule has 7 nitrogen and oxygen atoms in total. The Labute approximate surface area is 187 Å². The van der Waals surface area contributed by atoms with Gasteiger partial charge in [0.1, 0.15) is 23.8 Å². The van der Waals surface area contributed by atoms with E-state index in [4.69, 9.17) is 4.74 Å². The molecule has 4 heterocycles. The highest BCUT2D eigenvalue weighted by Crippen LogP contribution is 2.33. The summed E-state index contributed by atoms with van der Waals surface area (Å²) in [4.78, 5) is 9.11. The average Bonchev–Trinajstić information content (AvgIpc) is 3.29. The molecule has 0 radical (unpaired) electrons. The van der Waals surface area contributed by atoms with Gasteiger partial charge in [0, 0.05) is 11.1 Å². The minimum atomic E-state index is -2.89. The lowest BCUT2D eigenvalue weighted by Crippen LogP contribution is -2.13. The molecule has 1 aliphatic heterocycles. The lowest BCUT2D eigenvalue weighted by atomic mass is 10.0. The molecule has 170 valence electrons. The molecule has 0 saturated heterocycles. The topological polar surface area (TPSA) is 77.2 Å². The molecule has 1 N–H and O–H groups in total. The number of fused-ring (bicyclic) bond motifs is 3. The maximum Gasteiger partial charge on any atom is 0.266 e. The molecule has 10 heteroatoms. The number of halogens is 3. The summed E-state index contributed by atoms with van der Waals surface area (Å²) in [5.74, 6) is 0.0419. The molecule has 0 spiro atoms. The molecule has 0 fully saturated rings.